The molecular formula is C14H19ClN2O. The maximum atomic E-state index is 11.6. The van der Waals surface area contributed by atoms with Crippen LogP contribution >= 0.6 is 11.6 Å². The molecule has 1 fully saturated rings. The van der Waals surface area contributed by atoms with Gasteiger partial charge in [-0.3, -0.25) is 4.79 Å². The van der Waals surface area contributed by atoms with E-state index >= 15 is 0 Å². The van der Waals surface area contributed by atoms with Crippen molar-refractivity contribution in [1.82, 2.24) is 5.32 Å². The van der Waals surface area contributed by atoms with Gasteiger partial charge in [-0.05, 0) is 43.4 Å². The van der Waals surface area contributed by atoms with Crippen LogP contribution in [0.25, 0.3) is 0 Å². The van der Waals surface area contributed by atoms with Crippen LogP contribution in [0.5, 0.6) is 0 Å². The number of halogens is 1. The van der Waals surface area contributed by atoms with Gasteiger partial charge >= 0.3 is 0 Å². The van der Waals surface area contributed by atoms with Crippen LogP contribution in [0.2, 0.25) is 5.02 Å². The average Bonchev–Trinajstić information content (AvgIpc) is 3.10. The van der Waals surface area contributed by atoms with Gasteiger partial charge in [0.15, 0.2) is 0 Å². The van der Waals surface area contributed by atoms with E-state index in [1.165, 1.54) is 12.8 Å². The van der Waals surface area contributed by atoms with E-state index in [1.54, 1.807) is 19.2 Å². The molecule has 4 heteroatoms. The lowest BCUT2D eigenvalue weighted by molar-refractivity contribution is 0.0963. The minimum Gasteiger partial charge on any atom is -0.381 e. The van der Waals surface area contributed by atoms with Crippen molar-refractivity contribution in [1.29, 1.82) is 0 Å². The number of rotatable bonds is 4. The third kappa shape index (κ3) is 2.61. The number of anilines is 1. The second-order valence-electron chi connectivity index (χ2n) is 5.29. The summed E-state index contributed by atoms with van der Waals surface area (Å²) < 4.78 is 0. The molecule has 0 spiro atoms. The summed E-state index contributed by atoms with van der Waals surface area (Å²) in [5.41, 5.74) is 1.82. The summed E-state index contributed by atoms with van der Waals surface area (Å²) in [6.45, 7) is 4.43. The molecule has 1 amide bonds. The highest BCUT2D eigenvalue weighted by Crippen LogP contribution is 2.49. The number of carbonyl (C=O) groups excluding carboxylic acids is 1. The Balaban J connectivity index is 2.18. The van der Waals surface area contributed by atoms with Gasteiger partial charge < -0.3 is 10.6 Å². The third-order valence-corrected chi connectivity index (χ3v) is 4.24. The molecule has 1 aromatic carbocycles. The highest BCUT2D eigenvalue weighted by atomic mass is 35.5. The van der Waals surface area contributed by atoms with Gasteiger partial charge in [0, 0.05) is 18.7 Å². The van der Waals surface area contributed by atoms with E-state index in [0.29, 0.717) is 22.0 Å². The van der Waals surface area contributed by atoms with Gasteiger partial charge in [-0.1, -0.05) is 18.5 Å². The maximum absolute atomic E-state index is 11.6. The van der Waals surface area contributed by atoms with E-state index in [0.717, 1.165) is 5.69 Å². The first-order valence-electron chi connectivity index (χ1n) is 6.24. The molecule has 1 unspecified atom stereocenters. The van der Waals surface area contributed by atoms with Crippen molar-refractivity contribution in [2.75, 3.05) is 12.4 Å². The fourth-order valence-corrected chi connectivity index (χ4v) is 2.13. The molecule has 18 heavy (non-hydrogen) atoms. The molecule has 3 nitrogen and oxygen atoms in total. The Morgan fingerprint density at radius 1 is 1.44 bits per heavy atom. The van der Waals surface area contributed by atoms with E-state index in [9.17, 15) is 4.79 Å². The van der Waals surface area contributed by atoms with Crippen molar-refractivity contribution < 1.29 is 4.79 Å². The summed E-state index contributed by atoms with van der Waals surface area (Å²) in [6, 6.07) is 5.66. The van der Waals surface area contributed by atoms with Gasteiger partial charge in [0.05, 0.1) is 10.7 Å². The Kier molecular flexibility index (Phi) is 3.53. The fraction of sp³-hybridized carbons (Fsp3) is 0.500. The van der Waals surface area contributed by atoms with Gasteiger partial charge in [-0.2, -0.15) is 0 Å². The lowest BCUT2D eigenvalue weighted by atomic mass is 10.0. The van der Waals surface area contributed by atoms with Crippen LogP contribution in [-0.2, 0) is 0 Å². The van der Waals surface area contributed by atoms with E-state index in [4.69, 9.17) is 11.6 Å². The van der Waals surface area contributed by atoms with Gasteiger partial charge in [-0.15, -0.1) is 0 Å². The van der Waals surface area contributed by atoms with Crippen molar-refractivity contribution in [3.63, 3.8) is 0 Å². The molecule has 1 atom stereocenters. The van der Waals surface area contributed by atoms with Crippen molar-refractivity contribution in [2.45, 2.75) is 32.7 Å². The smallest absolute Gasteiger partial charge is 0.251 e. The number of amides is 1. The number of carbonyl (C=O) groups is 1. The first kappa shape index (κ1) is 13.2. The Morgan fingerprint density at radius 3 is 2.67 bits per heavy atom. The number of benzene rings is 1. The highest BCUT2D eigenvalue weighted by Gasteiger charge is 2.42. The average molecular weight is 267 g/mol. The molecule has 1 aromatic rings. The van der Waals surface area contributed by atoms with Crippen LogP contribution < -0.4 is 10.6 Å². The quantitative estimate of drug-likeness (QED) is 0.878. The van der Waals surface area contributed by atoms with Crippen LogP contribution in [0.3, 0.4) is 0 Å². The Bertz CT molecular complexity index is 469. The van der Waals surface area contributed by atoms with E-state index in [-0.39, 0.29) is 5.91 Å². The predicted octanol–water partition coefficient (Wildman–Crippen LogP) is 3.30. The zero-order chi connectivity index (χ0) is 13.3. The molecule has 0 aliphatic heterocycles. The van der Waals surface area contributed by atoms with Crippen LogP contribution in [0, 0.1) is 5.41 Å². The number of nitrogens with one attached hydrogen (secondary N) is 2. The zero-order valence-corrected chi connectivity index (χ0v) is 11.8. The van der Waals surface area contributed by atoms with Crippen LogP contribution in [0.15, 0.2) is 18.2 Å². The van der Waals surface area contributed by atoms with Crippen LogP contribution in [0.1, 0.15) is 37.0 Å². The lowest BCUT2D eigenvalue weighted by Crippen LogP contribution is -2.25. The van der Waals surface area contributed by atoms with E-state index in [2.05, 4.69) is 24.5 Å². The number of hydrogen-bond acceptors (Lipinski definition) is 2. The monoisotopic (exact) mass is 266 g/mol. The number of hydrogen-bond donors (Lipinski definition) is 2. The van der Waals surface area contributed by atoms with Crippen molar-refractivity contribution in [3.8, 4) is 0 Å². The van der Waals surface area contributed by atoms with Crippen molar-refractivity contribution in [2.24, 2.45) is 5.41 Å². The molecule has 0 saturated heterocycles. The molecular weight excluding hydrogens is 248 g/mol. The summed E-state index contributed by atoms with van der Waals surface area (Å²) in [7, 11) is 1.62. The molecule has 1 aliphatic rings. The first-order valence-corrected chi connectivity index (χ1v) is 6.62. The van der Waals surface area contributed by atoms with Crippen molar-refractivity contribution >= 4 is 23.2 Å². The lowest BCUT2D eigenvalue weighted by Gasteiger charge is -2.22. The summed E-state index contributed by atoms with van der Waals surface area (Å²) in [6.07, 6.45) is 2.49. The molecule has 2 rings (SSSR count). The molecule has 0 radical (unpaired) electrons. The van der Waals surface area contributed by atoms with Gasteiger partial charge in [0.25, 0.3) is 5.91 Å². The molecule has 2 N–H and O–H groups in total. The predicted molar refractivity (Wildman–Crippen MR) is 75.3 cm³/mol. The standard InChI is InChI=1S/C14H19ClN2O/c1-9(14(2)6-7-14)17-12-8-10(13(18)16-3)4-5-11(12)15/h4-5,8-9,17H,6-7H2,1-3H3,(H,16,18). The summed E-state index contributed by atoms with van der Waals surface area (Å²) in [4.78, 5) is 11.6. The molecule has 0 aromatic heterocycles. The van der Waals surface area contributed by atoms with Gasteiger partial charge in [-0.25, -0.2) is 0 Å². The zero-order valence-electron chi connectivity index (χ0n) is 11.0. The third-order valence-electron chi connectivity index (χ3n) is 3.91. The van der Waals surface area contributed by atoms with E-state index < -0.39 is 0 Å². The minimum atomic E-state index is -0.0972. The second-order valence-corrected chi connectivity index (χ2v) is 5.70. The molecule has 0 bridgehead atoms. The van der Waals surface area contributed by atoms with Crippen molar-refractivity contribution in [3.05, 3.63) is 28.8 Å². The van der Waals surface area contributed by atoms with Crippen LogP contribution in [0.4, 0.5) is 5.69 Å². The topological polar surface area (TPSA) is 41.1 Å². The Morgan fingerprint density at radius 2 is 2.11 bits per heavy atom. The summed E-state index contributed by atoms with van der Waals surface area (Å²) in [5.74, 6) is -0.0972. The highest BCUT2D eigenvalue weighted by molar-refractivity contribution is 6.33. The van der Waals surface area contributed by atoms with Crippen LogP contribution in [-0.4, -0.2) is 19.0 Å². The second kappa shape index (κ2) is 4.81. The summed E-state index contributed by atoms with van der Waals surface area (Å²) >= 11 is 6.16. The van der Waals surface area contributed by atoms with Gasteiger partial charge in [0.1, 0.15) is 0 Å². The molecule has 0 heterocycles. The van der Waals surface area contributed by atoms with Gasteiger partial charge in [0.2, 0.25) is 0 Å². The Labute approximate surface area is 113 Å². The largest absolute Gasteiger partial charge is 0.381 e. The minimum absolute atomic E-state index is 0.0972. The first-order chi connectivity index (χ1) is 8.46. The van der Waals surface area contributed by atoms with E-state index in [1.807, 2.05) is 6.07 Å². The SMILES string of the molecule is CNC(=O)c1ccc(Cl)c(NC(C)C2(C)CC2)c1. The maximum Gasteiger partial charge on any atom is 0.251 e. The normalized spacial score (nSPS) is 18.0. The Hall–Kier alpha value is -1.22. The molecule has 98 valence electrons. The fourth-order valence-electron chi connectivity index (χ4n) is 1.96. The summed E-state index contributed by atoms with van der Waals surface area (Å²) in [5, 5.41) is 6.69. The molecule has 1 aliphatic carbocycles. The molecule has 1 saturated carbocycles.